The normalized spacial score (nSPS) is 24.4. The number of carboxylic acid groups (broad SMARTS) is 1. The molecule has 2 aromatic rings. The van der Waals surface area contributed by atoms with Crippen molar-refractivity contribution in [1.29, 1.82) is 0 Å². The Labute approximate surface area is 163 Å². The standard InChI is InChI=1S/C19H26N4O3S/c1-13-20-18(15-5-11-27-19(15)21-13)23-6-4-16(22-7-9-26-10-8-22)14(12-23)2-3-17(24)25/h5,11,14,16H,2-4,6-10,12H2,1H3,(H,24,25)/t14-,16+/m1/s1. The Morgan fingerprint density at radius 1 is 1.33 bits per heavy atom. The summed E-state index contributed by atoms with van der Waals surface area (Å²) >= 11 is 1.64. The molecule has 0 unspecified atom stereocenters. The summed E-state index contributed by atoms with van der Waals surface area (Å²) in [5.41, 5.74) is 0. The first-order valence-electron chi connectivity index (χ1n) is 9.62. The van der Waals surface area contributed by atoms with Crippen LogP contribution in [0, 0.1) is 12.8 Å². The molecule has 0 bridgehead atoms. The molecule has 0 amide bonds. The maximum atomic E-state index is 11.2. The third-order valence-electron chi connectivity index (χ3n) is 5.65. The van der Waals surface area contributed by atoms with E-state index in [0.717, 1.165) is 67.7 Å². The summed E-state index contributed by atoms with van der Waals surface area (Å²) in [6.07, 6.45) is 1.94. The molecule has 0 aliphatic carbocycles. The lowest BCUT2D eigenvalue weighted by Gasteiger charge is -2.45. The van der Waals surface area contributed by atoms with Crippen molar-refractivity contribution in [3.8, 4) is 0 Å². The molecule has 4 rings (SSSR count). The molecule has 7 nitrogen and oxygen atoms in total. The van der Waals surface area contributed by atoms with Gasteiger partial charge in [0.15, 0.2) is 0 Å². The number of carbonyl (C=O) groups is 1. The second-order valence-corrected chi connectivity index (χ2v) is 8.27. The van der Waals surface area contributed by atoms with Gasteiger partial charge in [-0.2, -0.15) is 0 Å². The van der Waals surface area contributed by atoms with Crippen LogP contribution >= 0.6 is 11.3 Å². The Morgan fingerprint density at radius 3 is 2.93 bits per heavy atom. The fourth-order valence-electron chi connectivity index (χ4n) is 4.38. The maximum Gasteiger partial charge on any atom is 0.303 e. The topological polar surface area (TPSA) is 78.8 Å². The van der Waals surface area contributed by atoms with Gasteiger partial charge in [0, 0.05) is 38.6 Å². The van der Waals surface area contributed by atoms with Crippen LogP contribution in [0.25, 0.3) is 10.2 Å². The van der Waals surface area contributed by atoms with Crippen molar-refractivity contribution >= 4 is 33.3 Å². The average molecular weight is 391 g/mol. The van der Waals surface area contributed by atoms with Gasteiger partial charge >= 0.3 is 5.97 Å². The van der Waals surface area contributed by atoms with Crippen LogP contribution in [0.15, 0.2) is 11.4 Å². The lowest BCUT2D eigenvalue weighted by molar-refractivity contribution is -0.137. The second-order valence-electron chi connectivity index (χ2n) is 7.38. The predicted octanol–water partition coefficient (Wildman–Crippen LogP) is 2.39. The molecule has 0 radical (unpaired) electrons. The summed E-state index contributed by atoms with van der Waals surface area (Å²) in [5, 5.41) is 12.4. The average Bonchev–Trinajstić information content (AvgIpc) is 3.14. The summed E-state index contributed by atoms with van der Waals surface area (Å²) in [4.78, 5) is 26.3. The Morgan fingerprint density at radius 2 is 2.15 bits per heavy atom. The number of hydrogen-bond acceptors (Lipinski definition) is 7. The molecule has 2 saturated heterocycles. The van der Waals surface area contributed by atoms with Gasteiger partial charge in [-0.05, 0) is 37.1 Å². The number of aryl methyl sites for hydroxylation is 1. The number of anilines is 1. The SMILES string of the molecule is Cc1nc(N2CC[C@H](N3CCOCC3)[C@H](CCC(=O)O)C2)c2ccsc2n1. The minimum absolute atomic E-state index is 0.218. The lowest BCUT2D eigenvalue weighted by atomic mass is 9.86. The highest BCUT2D eigenvalue weighted by atomic mass is 32.1. The molecule has 8 heteroatoms. The van der Waals surface area contributed by atoms with Crippen LogP contribution in [0.3, 0.4) is 0 Å². The van der Waals surface area contributed by atoms with E-state index in [4.69, 9.17) is 9.72 Å². The number of ether oxygens (including phenoxy) is 1. The highest BCUT2D eigenvalue weighted by Crippen LogP contribution is 2.33. The molecule has 2 atom stereocenters. The van der Waals surface area contributed by atoms with Crippen LogP contribution < -0.4 is 4.90 Å². The smallest absolute Gasteiger partial charge is 0.303 e. The summed E-state index contributed by atoms with van der Waals surface area (Å²) in [6.45, 7) is 7.14. The van der Waals surface area contributed by atoms with Gasteiger partial charge in [-0.25, -0.2) is 9.97 Å². The number of piperidine rings is 1. The van der Waals surface area contributed by atoms with Crippen molar-refractivity contribution in [2.75, 3.05) is 44.3 Å². The monoisotopic (exact) mass is 390 g/mol. The van der Waals surface area contributed by atoms with E-state index in [2.05, 4.69) is 26.2 Å². The summed E-state index contributed by atoms with van der Waals surface area (Å²) in [6, 6.07) is 2.51. The van der Waals surface area contributed by atoms with E-state index in [1.165, 1.54) is 0 Å². The van der Waals surface area contributed by atoms with E-state index in [-0.39, 0.29) is 6.42 Å². The predicted molar refractivity (Wildman–Crippen MR) is 106 cm³/mol. The number of carboxylic acids is 1. The van der Waals surface area contributed by atoms with E-state index in [9.17, 15) is 9.90 Å². The minimum Gasteiger partial charge on any atom is -0.481 e. The highest BCUT2D eigenvalue weighted by molar-refractivity contribution is 7.16. The highest BCUT2D eigenvalue weighted by Gasteiger charge is 2.35. The van der Waals surface area contributed by atoms with Crippen LogP contribution in [0.4, 0.5) is 5.82 Å². The number of rotatable bonds is 5. The molecule has 2 aromatic heterocycles. The molecule has 1 N–H and O–H groups in total. The number of thiophene rings is 1. The van der Waals surface area contributed by atoms with E-state index in [1.807, 2.05) is 6.92 Å². The Bertz CT molecular complexity index is 805. The number of morpholine rings is 1. The van der Waals surface area contributed by atoms with Gasteiger partial charge < -0.3 is 14.7 Å². The van der Waals surface area contributed by atoms with Gasteiger partial charge in [0.2, 0.25) is 0 Å². The minimum atomic E-state index is -0.717. The molecule has 4 heterocycles. The van der Waals surface area contributed by atoms with Crippen molar-refractivity contribution < 1.29 is 14.6 Å². The third-order valence-corrected chi connectivity index (χ3v) is 6.46. The number of hydrogen-bond donors (Lipinski definition) is 1. The fourth-order valence-corrected chi connectivity index (χ4v) is 5.18. The maximum absolute atomic E-state index is 11.2. The van der Waals surface area contributed by atoms with E-state index >= 15 is 0 Å². The molecular weight excluding hydrogens is 364 g/mol. The first kappa shape index (κ1) is 18.6. The zero-order chi connectivity index (χ0) is 18.8. The van der Waals surface area contributed by atoms with E-state index in [0.29, 0.717) is 18.4 Å². The van der Waals surface area contributed by atoms with Crippen LogP contribution in [0.1, 0.15) is 25.1 Å². The number of aliphatic carboxylic acids is 1. The first-order chi connectivity index (χ1) is 13.1. The van der Waals surface area contributed by atoms with Crippen molar-refractivity contribution in [2.24, 2.45) is 5.92 Å². The number of aromatic nitrogens is 2. The van der Waals surface area contributed by atoms with Crippen LogP contribution in [0.5, 0.6) is 0 Å². The Kier molecular flexibility index (Phi) is 5.56. The fraction of sp³-hybridized carbons (Fsp3) is 0.632. The van der Waals surface area contributed by atoms with E-state index < -0.39 is 5.97 Å². The first-order valence-corrected chi connectivity index (χ1v) is 10.5. The second kappa shape index (κ2) is 8.08. The molecular formula is C19H26N4O3S. The van der Waals surface area contributed by atoms with Crippen LogP contribution in [-0.2, 0) is 9.53 Å². The van der Waals surface area contributed by atoms with Gasteiger partial charge in [0.1, 0.15) is 16.5 Å². The van der Waals surface area contributed by atoms with Gasteiger partial charge in [0.25, 0.3) is 0 Å². The third kappa shape index (κ3) is 4.07. The number of fused-ring (bicyclic) bond motifs is 1. The molecule has 2 fully saturated rings. The van der Waals surface area contributed by atoms with Crippen molar-refractivity contribution in [3.05, 3.63) is 17.3 Å². The zero-order valence-corrected chi connectivity index (χ0v) is 16.5. The van der Waals surface area contributed by atoms with Crippen LogP contribution in [0.2, 0.25) is 0 Å². The van der Waals surface area contributed by atoms with Gasteiger partial charge in [-0.3, -0.25) is 9.69 Å². The lowest BCUT2D eigenvalue weighted by Crippen LogP contribution is -2.54. The Balaban J connectivity index is 1.57. The molecule has 146 valence electrons. The van der Waals surface area contributed by atoms with Crippen molar-refractivity contribution in [2.45, 2.75) is 32.2 Å². The Hall–Kier alpha value is -1.77. The van der Waals surface area contributed by atoms with Gasteiger partial charge in [-0.15, -0.1) is 11.3 Å². The summed E-state index contributed by atoms with van der Waals surface area (Å²) in [5.74, 6) is 1.39. The number of nitrogens with zero attached hydrogens (tertiary/aromatic N) is 4. The van der Waals surface area contributed by atoms with Crippen LogP contribution in [-0.4, -0.2) is 71.4 Å². The summed E-state index contributed by atoms with van der Waals surface area (Å²) < 4.78 is 5.50. The molecule has 27 heavy (non-hydrogen) atoms. The van der Waals surface area contributed by atoms with Crippen molar-refractivity contribution in [1.82, 2.24) is 14.9 Å². The zero-order valence-electron chi connectivity index (χ0n) is 15.6. The van der Waals surface area contributed by atoms with E-state index in [1.54, 1.807) is 11.3 Å². The molecule has 0 saturated carbocycles. The van der Waals surface area contributed by atoms with Gasteiger partial charge in [-0.1, -0.05) is 0 Å². The van der Waals surface area contributed by atoms with Gasteiger partial charge in [0.05, 0.1) is 18.6 Å². The molecule has 2 aliphatic heterocycles. The van der Waals surface area contributed by atoms with Crippen molar-refractivity contribution in [3.63, 3.8) is 0 Å². The summed E-state index contributed by atoms with van der Waals surface area (Å²) in [7, 11) is 0. The molecule has 2 aliphatic rings. The molecule has 0 aromatic carbocycles. The quantitative estimate of drug-likeness (QED) is 0.840. The molecule has 0 spiro atoms. The largest absolute Gasteiger partial charge is 0.481 e.